The van der Waals surface area contributed by atoms with Gasteiger partial charge in [0.2, 0.25) is 0 Å². The molecule has 54 valence electrons. The molecule has 0 aliphatic carbocycles. The highest BCUT2D eigenvalue weighted by Crippen LogP contribution is 2.24. The van der Waals surface area contributed by atoms with Crippen molar-refractivity contribution < 1.29 is 0 Å². The molecule has 0 radical (unpaired) electrons. The van der Waals surface area contributed by atoms with Gasteiger partial charge in [-0.15, -0.1) is 0 Å². The van der Waals surface area contributed by atoms with Gasteiger partial charge in [-0.2, -0.15) is 0 Å². The maximum absolute atomic E-state index is 5.63. The Bertz CT molecular complexity index is 235. The van der Waals surface area contributed by atoms with E-state index in [9.17, 15) is 0 Å². The van der Waals surface area contributed by atoms with E-state index in [1.807, 2.05) is 18.2 Å². The van der Waals surface area contributed by atoms with Crippen molar-refractivity contribution in [3.63, 3.8) is 0 Å². The normalized spacial score (nSPS) is 9.80. The Morgan fingerprint density at radius 3 is 2.60 bits per heavy atom. The van der Waals surface area contributed by atoms with Gasteiger partial charge >= 0.3 is 0 Å². The topological polar surface area (TPSA) is 26.0 Å². The number of nitrogen functional groups attached to an aromatic ring is 1. The molecule has 0 amide bonds. The SMILES string of the molecule is Nc1cccc(CBr)c1Br. The molecule has 1 nitrogen and oxygen atoms in total. The fraction of sp³-hybridized carbons (Fsp3) is 0.143. The highest BCUT2D eigenvalue weighted by molar-refractivity contribution is 9.11. The van der Waals surface area contributed by atoms with E-state index in [0.717, 1.165) is 15.5 Å². The summed E-state index contributed by atoms with van der Waals surface area (Å²) in [6.45, 7) is 0. The lowest BCUT2D eigenvalue weighted by Gasteiger charge is -2.01. The largest absolute Gasteiger partial charge is 0.398 e. The molecule has 0 bridgehead atoms. The molecule has 1 aromatic rings. The van der Waals surface area contributed by atoms with Crippen LogP contribution in [0.15, 0.2) is 22.7 Å². The van der Waals surface area contributed by atoms with E-state index >= 15 is 0 Å². The maximum Gasteiger partial charge on any atom is 0.0461 e. The first kappa shape index (κ1) is 8.08. The molecule has 1 aromatic carbocycles. The molecule has 0 saturated carbocycles. The van der Waals surface area contributed by atoms with Crippen LogP contribution in [0.25, 0.3) is 0 Å². The Labute approximate surface area is 76.9 Å². The second-order valence-corrected chi connectivity index (χ2v) is 3.31. The molecular weight excluding hydrogens is 258 g/mol. The number of hydrogen-bond donors (Lipinski definition) is 1. The van der Waals surface area contributed by atoms with Gasteiger partial charge in [0, 0.05) is 15.5 Å². The zero-order valence-electron chi connectivity index (χ0n) is 5.27. The van der Waals surface area contributed by atoms with Crippen molar-refractivity contribution in [2.75, 3.05) is 5.73 Å². The van der Waals surface area contributed by atoms with E-state index in [1.54, 1.807) is 0 Å². The molecule has 2 N–H and O–H groups in total. The molecule has 0 aliphatic rings. The number of benzene rings is 1. The van der Waals surface area contributed by atoms with E-state index in [-0.39, 0.29) is 0 Å². The summed E-state index contributed by atoms with van der Waals surface area (Å²) in [6, 6.07) is 5.84. The zero-order chi connectivity index (χ0) is 7.56. The van der Waals surface area contributed by atoms with Crippen molar-refractivity contribution in [2.24, 2.45) is 0 Å². The Morgan fingerprint density at radius 1 is 1.40 bits per heavy atom. The molecule has 0 atom stereocenters. The lowest BCUT2D eigenvalue weighted by Crippen LogP contribution is -1.88. The van der Waals surface area contributed by atoms with E-state index in [2.05, 4.69) is 31.9 Å². The number of alkyl halides is 1. The number of halogens is 2. The van der Waals surface area contributed by atoms with E-state index in [4.69, 9.17) is 5.73 Å². The second kappa shape index (κ2) is 3.39. The number of hydrogen-bond acceptors (Lipinski definition) is 1. The first-order chi connectivity index (χ1) is 4.75. The van der Waals surface area contributed by atoms with Crippen molar-refractivity contribution in [3.8, 4) is 0 Å². The molecule has 10 heavy (non-hydrogen) atoms. The standard InChI is InChI=1S/C7H7Br2N/c8-4-5-2-1-3-6(10)7(5)9/h1-3H,4,10H2. The van der Waals surface area contributed by atoms with Crippen LogP contribution in [0.5, 0.6) is 0 Å². The van der Waals surface area contributed by atoms with Crippen LogP contribution in [0, 0.1) is 0 Å². The summed E-state index contributed by atoms with van der Waals surface area (Å²) >= 11 is 6.74. The first-order valence-electron chi connectivity index (χ1n) is 2.84. The van der Waals surface area contributed by atoms with Crippen LogP contribution in [0.2, 0.25) is 0 Å². The predicted octanol–water partition coefficient (Wildman–Crippen LogP) is 2.93. The number of anilines is 1. The average molecular weight is 265 g/mol. The third kappa shape index (κ3) is 1.52. The van der Waals surface area contributed by atoms with Gasteiger partial charge in [0.1, 0.15) is 0 Å². The molecular formula is C7H7Br2N. The van der Waals surface area contributed by atoms with Crippen LogP contribution in [-0.2, 0) is 5.33 Å². The lowest BCUT2D eigenvalue weighted by atomic mass is 10.2. The third-order valence-electron chi connectivity index (χ3n) is 1.25. The van der Waals surface area contributed by atoms with Crippen LogP contribution < -0.4 is 5.73 Å². The lowest BCUT2D eigenvalue weighted by molar-refractivity contribution is 1.40. The smallest absolute Gasteiger partial charge is 0.0461 e. The summed E-state index contributed by atoms with van der Waals surface area (Å²) in [5.74, 6) is 0. The monoisotopic (exact) mass is 263 g/mol. The van der Waals surface area contributed by atoms with Gasteiger partial charge < -0.3 is 5.73 Å². The Morgan fingerprint density at radius 2 is 2.10 bits per heavy atom. The average Bonchev–Trinajstić information content (AvgIpc) is 1.95. The molecule has 0 fully saturated rings. The molecule has 0 aromatic heterocycles. The Hall–Kier alpha value is -0.0200. The van der Waals surface area contributed by atoms with Crippen LogP contribution in [0.1, 0.15) is 5.56 Å². The highest BCUT2D eigenvalue weighted by atomic mass is 79.9. The van der Waals surface area contributed by atoms with E-state index in [1.165, 1.54) is 5.56 Å². The number of nitrogens with two attached hydrogens (primary N) is 1. The minimum atomic E-state index is 0.789. The molecule has 0 spiro atoms. The summed E-state index contributed by atoms with van der Waals surface area (Å²) in [7, 11) is 0. The van der Waals surface area contributed by atoms with E-state index < -0.39 is 0 Å². The van der Waals surface area contributed by atoms with Gasteiger partial charge in [0.25, 0.3) is 0 Å². The highest BCUT2D eigenvalue weighted by Gasteiger charge is 1.99. The Kier molecular flexibility index (Phi) is 2.74. The number of rotatable bonds is 1. The summed E-state index contributed by atoms with van der Waals surface area (Å²) in [5.41, 5.74) is 7.60. The van der Waals surface area contributed by atoms with Gasteiger partial charge in [-0.1, -0.05) is 28.1 Å². The van der Waals surface area contributed by atoms with Gasteiger partial charge in [-0.3, -0.25) is 0 Å². The van der Waals surface area contributed by atoms with Crippen LogP contribution in [-0.4, -0.2) is 0 Å². The minimum absolute atomic E-state index is 0.789. The zero-order valence-corrected chi connectivity index (χ0v) is 8.44. The first-order valence-corrected chi connectivity index (χ1v) is 4.76. The Balaban J connectivity index is 3.14. The third-order valence-corrected chi connectivity index (χ3v) is 2.82. The van der Waals surface area contributed by atoms with Gasteiger partial charge in [0.05, 0.1) is 0 Å². The van der Waals surface area contributed by atoms with Crippen LogP contribution >= 0.6 is 31.9 Å². The van der Waals surface area contributed by atoms with Gasteiger partial charge in [-0.05, 0) is 27.6 Å². The molecule has 0 unspecified atom stereocenters. The maximum atomic E-state index is 5.63. The van der Waals surface area contributed by atoms with Crippen molar-refractivity contribution in [1.82, 2.24) is 0 Å². The fourth-order valence-electron chi connectivity index (χ4n) is 0.703. The molecule has 0 saturated heterocycles. The van der Waals surface area contributed by atoms with Crippen LogP contribution in [0.3, 0.4) is 0 Å². The van der Waals surface area contributed by atoms with Crippen molar-refractivity contribution in [1.29, 1.82) is 0 Å². The van der Waals surface area contributed by atoms with Gasteiger partial charge in [0.15, 0.2) is 0 Å². The quantitative estimate of drug-likeness (QED) is 0.613. The summed E-state index contributed by atoms with van der Waals surface area (Å²) in [4.78, 5) is 0. The van der Waals surface area contributed by atoms with Crippen molar-refractivity contribution in [2.45, 2.75) is 5.33 Å². The molecule has 1 rings (SSSR count). The van der Waals surface area contributed by atoms with E-state index in [0.29, 0.717) is 0 Å². The van der Waals surface area contributed by atoms with Crippen molar-refractivity contribution in [3.05, 3.63) is 28.2 Å². The minimum Gasteiger partial charge on any atom is -0.398 e. The second-order valence-electron chi connectivity index (χ2n) is 1.95. The molecule has 0 heterocycles. The molecule has 3 heteroatoms. The van der Waals surface area contributed by atoms with Gasteiger partial charge in [-0.25, -0.2) is 0 Å². The summed E-state index contributed by atoms with van der Waals surface area (Å²) in [5, 5.41) is 0.832. The molecule has 0 aliphatic heterocycles. The predicted molar refractivity (Wildman–Crippen MR) is 51.2 cm³/mol. The van der Waals surface area contributed by atoms with Crippen molar-refractivity contribution >= 4 is 37.5 Å². The summed E-state index contributed by atoms with van der Waals surface area (Å²) < 4.78 is 0.992. The van der Waals surface area contributed by atoms with Crippen LogP contribution in [0.4, 0.5) is 5.69 Å². The summed E-state index contributed by atoms with van der Waals surface area (Å²) in [6.07, 6.45) is 0. The fourth-order valence-corrected chi connectivity index (χ4v) is 1.95.